The number of urea groups is 1. The van der Waals surface area contributed by atoms with Gasteiger partial charge in [0.05, 0.1) is 6.61 Å². The van der Waals surface area contributed by atoms with Gasteiger partial charge in [0, 0.05) is 10.9 Å². The van der Waals surface area contributed by atoms with E-state index in [0.29, 0.717) is 17.5 Å². The molecule has 2 aromatic rings. The zero-order valence-corrected chi connectivity index (χ0v) is 19.8. The summed E-state index contributed by atoms with van der Waals surface area (Å²) in [4.78, 5) is 52.2. The Balaban J connectivity index is 1.55. The van der Waals surface area contributed by atoms with E-state index < -0.39 is 35.8 Å². The van der Waals surface area contributed by atoms with E-state index in [1.54, 1.807) is 12.3 Å². The smallest absolute Gasteiger partial charge is 0.341 e. The second-order valence-electron chi connectivity index (χ2n) is 8.57. The molecule has 0 bridgehead atoms. The zero-order valence-electron chi connectivity index (χ0n) is 19.0. The highest BCUT2D eigenvalue weighted by atomic mass is 32.1. The second-order valence-corrected chi connectivity index (χ2v) is 9.45. The fourth-order valence-corrected chi connectivity index (χ4v) is 5.62. The van der Waals surface area contributed by atoms with Gasteiger partial charge < -0.3 is 15.4 Å². The van der Waals surface area contributed by atoms with Crippen molar-refractivity contribution in [2.24, 2.45) is 5.92 Å². The largest absolute Gasteiger partial charge is 0.462 e. The molecule has 0 unspecified atom stereocenters. The number of nitrogens with one attached hydrogen (secondary N) is 2. The lowest BCUT2D eigenvalue weighted by molar-refractivity contribution is -0.136. The van der Waals surface area contributed by atoms with Crippen LogP contribution in [0.15, 0.2) is 29.6 Å². The summed E-state index contributed by atoms with van der Waals surface area (Å²) < 4.78 is 18.5. The average Bonchev–Trinajstić information content (AvgIpc) is 3.31. The first-order valence-electron chi connectivity index (χ1n) is 11.3. The molecule has 8 nitrogen and oxygen atoms in total. The number of rotatable bonds is 6. The maximum Gasteiger partial charge on any atom is 0.341 e. The number of hydrogen-bond donors (Lipinski definition) is 2. The third kappa shape index (κ3) is 4.29. The number of esters is 1. The van der Waals surface area contributed by atoms with E-state index >= 15 is 0 Å². The molecule has 180 valence electrons. The quantitative estimate of drug-likeness (QED) is 0.470. The van der Waals surface area contributed by atoms with Crippen molar-refractivity contribution in [3.63, 3.8) is 0 Å². The molecule has 1 aliphatic carbocycles. The van der Waals surface area contributed by atoms with Gasteiger partial charge in [0.15, 0.2) is 0 Å². The molecule has 34 heavy (non-hydrogen) atoms. The standard InChI is InChI=1S/C24H26FN3O5S/c1-3-33-21(30)19-17(15-7-9-16(25)10-8-15)13-34-20(19)26-18(29)12-28-22(31)24(27-23(28)32)11-5-4-6-14(24)2/h7-10,13-14H,3-6,11-12H2,1-2H3,(H,26,29)(H,27,32)/t14-,24-/m1/s1. The molecule has 0 radical (unpaired) electrons. The Hall–Kier alpha value is -3.27. The van der Waals surface area contributed by atoms with Gasteiger partial charge in [0.2, 0.25) is 5.91 Å². The van der Waals surface area contributed by atoms with Crippen LogP contribution in [0.4, 0.5) is 14.2 Å². The van der Waals surface area contributed by atoms with E-state index in [9.17, 15) is 23.6 Å². The van der Waals surface area contributed by atoms with Crippen molar-refractivity contribution in [3.8, 4) is 11.1 Å². The number of hydrogen-bond acceptors (Lipinski definition) is 6. The van der Waals surface area contributed by atoms with Gasteiger partial charge in [-0.2, -0.15) is 0 Å². The number of ether oxygens (including phenoxy) is 1. The van der Waals surface area contributed by atoms with Gasteiger partial charge in [-0.05, 0) is 43.4 Å². The van der Waals surface area contributed by atoms with Crippen LogP contribution in [0.2, 0.25) is 0 Å². The van der Waals surface area contributed by atoms with Gasteiger partial charge in [-0.1, -0.05) is 31.9 Å². The third-order valence-electron chi connectivity index (χ3n) is 6.48. The van der Waals surface area contributed by atoms with Crippen LogP contribution in [0.5, 0.6) is 0 Å². The fourth-order valence-electron chi connectivity index (χ4n) is 4.65. The summed E-state index contributed by atoms with van der Waals surface area (Å²) in [5, 5.41) is 7.37. The summed E-state index contributed by atoms with van der Waals surface area (Å²) in [6.07, 6.45) is 3.21. The van der Waals surface area contributed by atoms with Crippen LogP contribution in [0.25, 0.3) is 11.1 Å². The average molecular weight is 488 g/mol. The lowest BCUT2D eigenvalue weighted by Crippen LogP contribution is -2.54. The molecular formula is C24H26FN3O5S. The molecule has 10 heteroatoms. The maximum atomic E-state index is 13.4. The molecule has 2 heterocycles. The molecule has 2 fully saturated rings. The summed E-state index contributed by atoms with van der Waals surface area (Å²) in [6, 6.07) is 5.03. The number of amides is 4. The molecule has 4 rings (SSSR count). The predicted octanol–water partition coefficient (Wildman–Crippen LogP) is 4.17. The van der Waals surface area contributed by atoms with Crippen molar-refractivity contribution < 1.29 is 28.3 Å². The molecule has 1 aromatic carbocycles. The van der Waals surface area contributed by atoms with Crippen molar-refractivity contribution in [2.45, 2.75) is 45.1 Å². The van der Waals surface area contributed by atoms with E-state index in [2.05, 4.69) is 10.6 Å². The Kier molecular flexibility index (Phi) is 6.70. The first-order chi connectivity index (χ1) is 16.3. The third-order valence-corrected chi connectivity index (χ3v) is 7.38. The van der Waals surface area contributed by atoms with E-state index in [-0.39, 0.29) is 29.0 Å². The van der Waals surface area contributed by atoms with Gasteiger partial charge >= 0.3 is 12.0 Å². The van der Waals surface area contributed by atoms with E-state index in [0.717, 1.165) is 35.5 Å². The molecule has 2 atom stereocenters. The molecule has 1 saturated heterocycles. The highest BCUT2D eigenvalue weighted by Crippen LogP contribution is 2.39. The summed E-state index contributed by atoms with van der Waals surface area (Å²) in [7, 11) is 0. The lowest BCUT2D eigenvalue weighted by atomic mass is 9.73. The van der Waals surface area contributed by atoms with Crippen LogP contribution in [0.1, 0.15) is 49.9 Å². The summed E-state index contributed by atoms with van der Waals surface area (Å²) in [6.45, 7) is 3.27. The Bertz CT molecular complexity index is 1130. The number of carbonyl (C=O) groups is 4. The van der Waals surface area contributed by atoms with E-state index in [1.165, 1.54) is 24.3 Å². The van der Waals surface area contributed by atoms with Crippen LogP contribution < -0.4 is 10.6 Å². The molecule has 1 aromatic heterocycles. The minimum atomic E-state index is -0.954. The number of halogens is 1. The predicted molar refractivity (Wildman–Crippen MR) is 125 cm³/mol. The number of thiophene rings is 1. The molecule has 1 saturated carbocycles. The second kappa shape index (κ2) is 9.54. The van der Waals surface area contributed by atoms with Gasteiger partial charge in [-0.15, -0.1) is 11.3 Å². The Morgan fingerprint density at radius 3 is 2.68 bits per heavy atom. The molecule has 2 N–H and O–H groups in total. The fraction of sp³-hybridized carbons (Fsp3) is 0.417. The Morgan fingerprint density at radius 2 is 2.00 bits per heavy atom. The van der Waals surface area contributed by atoms with Crippen LogP contribution in [0.3, 0.4) is 0 Å². The first kappa shape index (κ1) is 23.9. The molecule has 4 amide bonds. The van der Waals surface area contributed by atoms with Crippen LogP contribution in [-0.4, -0.2) is 47.4 Å². The first-order valence-corrected chi connectivity index (χ1v) is 12.1. The van der Waals surface area contributed by atoms with Gasteiger partial charge in [0.1, 0.15) is 28.5 Å². The molecular weight excluding hydrogens is 461 g/mol. The van der Waals surface area contributed by atoms with Gasteiger partial charge in [-0.25, -0.2) is 14.0 Å². The lowest BCUT2D eigenvalue weighted by Gasteiger charge is -2.36. The Morgan fingerprint density at radius 1 is 1.26 bits per heavy atom. The van der Waals surface area contributed by atoms with Crippen molar-refractivity contribution in [2.75, 3.05) is 18.5 Å². The minimum absolute atomic E-state index is 0.0169. The van der Waals surface area contributed by atoms with Gasteiger partial charge in [-0.3, -0.25) is 14.5 Å². The molecule has 2 aliphatic rings. The van der Waals surface area contributed by atoms with Crippen LogP contribution in [0, 0.1) is 11.7 Å². The van der Waals surface area contributed by atoms with E-state index in [1.807, 2.05) is 6.92 Å². The normalized spacial score (nSPS) is 22.1. The number of nitrogens with zero attached hydrogens (tertiary/aromatic N) is 1. The van der Waals surface area contributed by atoms with E-state index in [4.69, 9.17) is 4.74 Å². The topological polar surface area (TPSA) is 105 Å². The van der Waals surface area contributed by atoms with Crippen LogP contribution in [-0.2, 0) is 14.3 Å². The van der Waals surface area contributed by atoms with Gasteiger partial charge in [0.25, 0.3) is 5.91 Å². The summed E-state index contributed by atoms with van der Waals surface area (Å²) >= 11 is 1.11. The maximum absolute atomic E-state index is 13.4. The van der Waals surface area contributed by atoms with Crippen LogP contribution >= 0.6 is 11.3 Å². The van der Waals surface area contributed by atoms with Crippen molar-refractivity contribution in [1.29, 1.82) is 0 Å². The highest BCUT2D eigenvalue weighted by Gasteiger charge is 2.55. The number of imide groups is 1. The zero-order chi connectivity index (χ0) is 24.5. The molecule has 1 spiro atoms. The number of anilines is 1. The van der Waals surface area contributed by atoms with Crippen molar-refractivity contribution >= 4 is 40.2 Å². The SMILES string of the molecule is CCOC(=O)c1c(-c2ccc(F)cc2)csc1NC(=O)CN1C(=O)N[C@@]2(CCCC[C@H]2C)C1=O. The monoisotopic (exact) mass is 487 g/mol. The Labute approximate surface area is 200 Å². The summed E-state index contributed by atoms with van der Waals surface area (Å²) in [5.41, 5.74) is 0.262. The minimum Gasteiger partial charge on any atom is -0.462 e. The molecule has 1 aliphatic heterocycles. The summed E-state index contributed by atoms with van der Waals surface area (Å²) in [5.74, 6) is -2.06. The van der Waals surface area contributed by atoms with Crippen molar-refractivity contribution in [3.05, 3.63) is 41.0 Å². The highest BCUT2D eigenvalue weighted by molar-refractivity contribution is 7.15. The van der Waals surface area contributed by atoms with Crippen molar-refractivity contribution in [1.82, 2.24) is 10.2 Å². The number of carbonyl (C=O) groups excluding carboxylic acids is 4. The number of benzene rings is 1.